The number of fused-ring (bicyclic) bond motifs is 1. The standard InChI is InChI=1S/C28H33F4N5O2/c1-14(19-10-18(33)11-22(25(19)29)28(30,31)32)34-26-21-12-20(24(39-5)13-23(21)35-15(2)36-26)16-6-8-17(9-7-16)27(38)37(3)4/h10-14,16-17H,6-9,33H2,1-5H3,(H,34,35,36)/t14-,16?,17?/m0/s1. The van der Waals surface area contributed by atoms with Gasteiger partial charge in [-0.25, -0.2) is 14.4 Å². The molecule has 11 heteroatoms. The van der Waals surface area contributed by atoms with E-state index >= 15 is 0 Å². The normalized spacial score (nSPS) is 18.6. The van der Waals surface area contributed by atoms with Gasteiger partial charge in [0.2, 0.25) is 5.91 Å². The monoisotopic (exact) mass is 547 g/mol. The number of nitrogens with one attached hydrogen (secondary N) is 1. The Kier molecular flexibility index (Phi) is 7.90. The van der Waals surface area contributed by atoms with Crippen LogP contribution < -0.4 is 15.8 Å². The van der Waals surface area contributed by atoms with Crippen molar-refractivity contribution in [1.82, 2.24) is 14.9 Å². The van der Waals surface area contributed by atoms with Crippen LogP contribution in [-0.2, 0) is 11.0 Å². The van der Waals surface area contributed by atoms with Crippen molar-refractivity contribution < 1.29 is 27.1 Å². The second-order valence-electron chi connectivity index (χ2n) is 10.3. The van der Waals surface area contributed by atoms with Crippen molar-refractivity contribution in [3.05, 3.63) is 52.6 Å². The van der Waals surface area contributed by atoms with Gasteiger partial charge in [-0.15, -0.1) is 0 Å². The number of aryl methyl sites for hydroxylation is 1. The molecule has 3 N–H and O–H groups in total. The molecule has 0 unspecified atom stereocenters. The number of amides is 1. The molecule has 1 fully saturated rings. The number of hydrogen-bond donors (Lipinski definition) is 2. The van der Waals surface area contributed by atoms with E-state index in [0.29, 0.717) is 34.4 Å². The lowest BCUT2D eigenvalue weighted by Gasteiger charge is -2.30. The highest BCUT2D eigenvalue weighted by Crippen LogP contribution is 2.43. The lowest BCUT2D eigenvalue weighted by atomic mass is 9.77. The van der Waals surface area contributed by atoms with Gasteiger partial charge in [0.05, 0.1) is 24.2 Å². The van der Waals surface area contributed by atoms with Crippen LogP contribution in [0.3, 0.4) is 0 Å². The van der Waals surface area contributed by atoms with Gasteiger partial charge in [0.1, 0.15) is 23.2 Å². The summed E-state index contributed by atoms with van der Waals surface area (Å²) in [5.74, 6) is 0.339. The molecule has 1 amide bonds. The molecule has 1 aliphatic carbocycles. The number of carbonyl (C=O) groups excluding carboxylic acids is 1. The molecule has 0 aliphatic heterocycles. The Bertz CT molecular complexity index is 1380. The Hall–Kier alpha value is -3.63. The molecule has 1 aromatic heterocycles. The molecule has 1 heterocycles. The molecule has 1 aliphatic rings. The van der Waals surface area contributed by atoms with Crippen LogP contribution >= 0.6 is 0 Å². The van der Waals surface area contributed by atoms with E-state index in [9.17, 15) is 22.4 Å². The van der Waals surface area contributed by atoms with Crippen LogP contribution in [0.25, 0.3) is 10.9 Å². The number of carbonyl (C=O) groups is 1. The summed E-state index contributed by atoms with van der Waals surface area (Å²) in [5, 5.41) is 3.72. The number of ether oxygens (including phenoxy) is 1. The zero-order valence-electron chi connectivity index (χ0n) is 22.6. The molecule has 0 bridgehead atoms. The quantitative estimate of drug-likeness (QED) is 0.281. The first-order valence-corrected chi connectivity index (χ1v) is 12.8. The summed E-state index contributed by atoms with van der Waals surface area (Å²) in [7, 11) is 5.11. The number of rotatable bonds is 6. The van der Waals surface area contributed by atoms with Crippen LogP contribution in [0.5, 0.6) is 5.75 Å². The van der Waals surface area contributed by atoms with Gasteiger partial charge in [-0.1, -0.05) is 0 Å². The molecule has 0 radical (unpaired) electrons. The lowest BCUT2D eigenvalue weighted by molar-refractivity contribution is -0.140. The highest BCUT2D eigenvalue weighted by Gasteiger charge is 2.36. The number of nitrogens with two attached hydrogens (primary N) is 1. The predicted octanol–water partition coefficient (Wildman–Crippen LogP) is 6.22. The summed E-state index contributed by atoms with van der Waals surface area (Å²) in [6.07, 6.45) is -1.77. The Labute approximate surface area is 224 Å². The van der Waals surface area contributed by atoms with Crippen molar-refractivity contribution in [2.24, 2.45) is 5.92 Å². The number of anilines is 2. The summed E-state index contributed by atoms with van der Waals surface area (Å²) in [4.78, 5) is 23.1. The van der Waals surface area contributed by atoms with Crippen molar-refractivity contribution in [3.63, 3.8) is 0 Å². The minimum atomic E-state index is -4.88. The first-order valence-electron chi connectivity index (χ1n) is 12.8. The third kappa shape index (κ3) is 5.86. The lowest BCUT2D eigenvalue weighted by Crippen LogP contribution is -2.32. The first kappa shape index (κ1) is 28.4. The van der Waals surface area contributed by atoms with Gasteiger partial charge in [0.25, 0.3) is 0 Å². The number of nitrogens with zero attached hydrogens (tertiary/aromatic N) is 3. The minimum Gasteiger partial charge on any atom is -0.496 e. The van der Waals surface area contributed by atoms with Crippen LogP contribution in [0.15, 0.2) is 24.3 Å². The van der Waals surface area contributed by atoms with Crippen molar-refractivity contribution in [3.8, 4) is 5.75 Å². The largest absolute Gasteiger partial charge is 0.496 e. The fourth-order valence-electron chi connectivity index (χ4n) is 5.39. The maximum atomic E-state index is 14.9. The zero-order valence-corrected chi connectivity index (χ0v) is 22.6. The Morgan fingerprint density at radius 2 is 1.79 bits per heavy atom. The molecule has 1 atom stereocenters. The van der Waals surface area contributed by atoms with Gasteiger partial charge in [-0.3, -0.25) is 4.79 Å². The SMILES string of the molecule is COc1cc2nc(C)nc(N[C@@H](C)c3cc(N)cc(C(F)(F)F)c3F)c2cc1C1CCC(C(=O)N(C)C)CC1. The minimum absolute atomic E-state index is 0.0124. The van der Waals surface area contributed by atoms with E-state index in [0.717, 1.165) is 31.2 Å². The van der Waals surface area contributed by atoms with Gasteiger partial charge >= 0.3 is 6.18 Å². The first-order chi connectivity index (χ1) is 18.3. The summed E-state index contributed by atoms with van der Waals surface area (Å²) < 4.78 is 60.8. The number of benzene rings is 2. The molecular weight excluding hydrogens is 514 g/mol. The van der Waals surface area contributed by atoms with E-state index in [1.807, 2.05) is 12.1 Å². The molecule has 7 nitrogen and oxygen atoms in total. The fourth-order valence-corrected chi connectivity index (χ4v) is 5.39. The van der Waals surface area contributed by atoms with Crippen molar-refractivity contribution in [2.75, 3.05) is 32.3 Å². The molecule has 0 saturated heterocycles. The van der Waals surface area contributed by atoms with Gasteiger partial charge in [-0.05, 0) is 69.2 Å². The Balaban J connectivity index is 1.71. The summed E-state index contributed by atoms with van der Waals surface area (Å²) in [6, 6.07) is 4.65. The van der Waals surface area contributed by atoms with E-state index in [-0.39, 0.29) is 29.0 Å². The van der Waals surface area contributed by atoms with Crippen LogP contribution in [-0.4, -0.2) is 42.0 Å². The van der Waals surface area contributed by atoms with Crippen LogP contribution in [0, 0.1) is 18.7 Å². The third-order valence-corrected chi connectivity index (χ3v) is 7.36. The van der Waals surface area contributed by atoms with Crippen LogP contribution in [0.2, 0.25) is 0 Å². The predicted molar refractivity (Wildman–Crippen MR) is 142 cm³/mol. The summed E-state index contributed by atoms with van der Waals surface area (Å²) in [6.45, 7) is 3.25. The highest BCUT2D eigenvalue weighted by molar-refractivity contribution is 5.91. The van der Waals surface area contributed by atoms with Gasteiger partial charge in [0, 0.05) is 42.7 Å². The summed E-state index contributed by atoms with van der Waals surface area (Å²) >= 11 is 0. The third-order valence-electron chi connectivity index (χ3n) is 7.36. The van der Waals surface area contributed by atoms with Gasteiger partial charge in [0.15, 0.2) is 0 Å². The maximum absolute atomic E-state index is 14.9. The molecule has 39 heavy (non-hydrogen) atoms. The smallest absolute Gasteiger partial charge is 0.419 e. The van der Waals surface area contributed by atoms with E-state index in [1.54, 1.807) is 40.0 Å². The molecule has 0 spiro atoms. The zero-order chi connectivity index (χ0) is 28.6. The summed E-state index contributed by atoms with van der Waals surface area (Å²) in [5.41, 5.74) is 5.40. The molecule has 3 aromatic rings. The fraction of sp³-hybridized carbons (Fsp3) is 0.464. The van der Waals surface area contributed by atoms with Gasteiger partial charge < -0.3 is 20.7 Å². The number of halogens is 4. The van der Waals surface area contributed by atoms with Gasteiger partial charge in [-0.2, -0.15) is 13.2 Å². The molecule has 4 rings (SSSR count). The number of hydrogen-bond acceptors (Lipinski definition) is 6. The maximum Gasteiger partial charge on any atom is 0.419 e. The Morgan fingerprint density at radius 3 is 2.38 bits per heavy atom. The molecule has 2 aromatic carbocycles. The van der Waals surface area contributed by atoms with Crippen molar-refractivity contribution in [1.29, 1.82) is 0 Å². The average molecular weight is 548 g/mol. The number of methoxy groups -OCH3 is 1. The number of aromatic nitrogens is 2. The van der Waals surface area contributed by atoms with E-state index in [2.05, 4.69) is 15.3 Å². The Morgan fingerprint density at radius 1 is 1.13 bits per heavy atom. The number of alkyl halides is 3. The molecule has 210 valence electrons. The highest BCUT2D eigenvalue weighted by atomic mass is 19.4. The topological polar surface area (TPSA) is 93.4 Å². The van der Waals surface area contributed by atoms with E-state index < -0.39 is 23.6 Å². The van der Waals surface area contributed by atoms with Crippen LogP contribution in [0.4, 0.5) is 29.1 Å². The van der Waals surface area contributed by atoms with Crippen LogP contribution in [0.1, 0.15) is 67.1 Å². The molecule has 1 saturated carbocycles. The number of nitrogen functional groups attached to an aromatic ring is 1. The van der Waals surface area contributed by atoms with Crippen molar-refractivity contribution in [2.45, 2.75) is 57.7 Å². The van der Waals surface area contributed by atoms with E-state index in [4.69, 9.17) is 10.5 Å². The second kappa shape index (κ2) is 10.9. The van der Waals surface area contributed by atoms with E-state index in [1.165, 1.54) is 6.07 Å². The van der Waals surface area contributed by atoms with Crippen molar-refractivity contribution >= 4 is 28.3 Å². The second-order valence-corrected chi connectivity index (χ2v) is 10.3. The molecular formula is C28H33F4N5O2. The average Bonchev–Trinajstić information content (AvgIpc) is 2.87.